The van der Waals surface area contributed by atoms with E-state index >= 15 is 0 Å². The van der Waals surface area contributed by atoms with E-state index in [2.05, 4.69) is 0 Å². The number of ether oxygens (including phenoxy) is 1. The number of aryl methyl sites for hydroxylation is 1. The van der Waals surface area contributed by atoms with E-state index in [0.29, 0.717) is 0 Å². The maximum atomic E-state index is 10.4. The Hall–Kier alpha value is -1.84. The standard InChI is InChI=1S/C17H16O2S/c1-11-7-15(10-20-11)17(18)14-4-3-13-9-16(19-2)6-5-12(13)8-14/h3-10,17-18H,1-2H3. The van der Waals surface area contributed by atoms with Gasteiger partial charge in [-0.15, -0.1) is 11.3 Å². The minimum absolute atomic E-state index is 0.563. The molecule has 0 saturated heterocycles. The SMILES string of the molecule is COc1ccc2cc(C(O)c3csc(C)c3)ccc2c1. The van der Waals surface area contributed by atoms with Crippen molar-refractivity contribution < 1.29 is 9.84 Å². The zero-order valence-corrected chi connectivity index (χ0v) is 12.3. The lowest BCUT2D eigenvalue weighted by atomic mass is 10.00. The van der Waals surface area contributed by atoms with Gasteiger partial charge in [-0.05, 0) is 58.5 Å². The number of hydrogen-bond acceptors (Lipinski definition) is 3. The molecule has 3 rings (SSSR count). The zero-order valence-electron chi connectivity index (χ0n) is 11.5. The molecule has 0 aliphatic carbocycles. The second-order valence-corrected chi connectivity index (χ2v) is 5.98. The lowest BCUT2D eigenvalue weighted by Gasteiger charge is -2.11. The van der Waals surface area contributed by atoms with Crippen molar-refractivity contribution in [3.05, 3.63) is 63.8 Å². The highest BCUT2D eigenvalue weighted by molar-refractivity contribution is 7.10. The van der Waals surface area contributed by atoms with Gasteiger partial charge in [-0.25, -0.2) is 0 Å². The molecule has 20 heavy (non-hydrogen) atoms. The lowest BCUT2D eigenvalue weighted by molar-refractivity contribution is 0.221. The molecule has 0 radical (unpaired) electrons. The average Bonchev–Trinajstić information content (AvgIpc) is 2.92. The van der Waals surface area contributed by atoms with Gasteiger partial charge in [0.1, 0.15) is 11.9 Å². The summed E-state index contributed by atoms with van der Waals surface area (Å²) in [5.41, 5.74) is 1.88. The van der Waals surface area contributed by atoms with Gasteiger partial charge in [-0.1, -0.05) is 18.2 Å². The first-order chi connectivity index (χ1) is 9.67. The number of fused-ring (bicyclic) bond motifs is 1. The molecule has 1 N–H and O–H groups in total. The van der Waals surface area contributed by atoms with E-state index in [1.807, 2.05) is 54.8 Å². The van der Waals surface area contributed by atoms with Crippen LogP contribution in [0.1, 0.15) is 22.1 Å². The topological polar surface area (TPSA) is 29.5 Å². The lowest BCUT2D eigenvalue weighted by Crippen LogP contribution is -1.97. The van der Waals surface area contributed by atoms with E-state index in [0.717, 1.165) is 27.6 Å². The van der Waals surface area contributed by atoms with Crippen molar-refractivity contribution >= 4 is 22.1 Å². The van der Waals surface area contributed by atoms with Gasteiger partial charge < -0.3 is 9.84 Å². The molecule has 0 fully saturated rings. The highest BCUT2D eigenvalue weighted by atomic mass is 32.1. The highest BCUT2D eigenvalue weighted by Crippen LogP contribution is 2.29. The Labute approximate surface area is 122 Å². The average molecular weight is 284 g/mol. The van der Waals surface area contributed by atoms with Crippen LogP contribution >= 0.6 is 11.3 Å². The molecule has 0 aliphatic rings. The maximum Gasteiger partial charge on any atom is 0.119 e. The minimum Gasteiger partial charge on any atom is -0.497 e. The van der Waals surface area contributed by atoms with Crippen LogP contribution in [0, 0.1) is 6.92 Å². The number of hydrogen-bond donors (Lipinski definition) is 1. The predicted molar refractivity (Wildman–Crippen MR) is 83.6 cm³/mol. The van der Waals surface area contributed by atoms with E-state index in [4.69, 9.17) is 4.74 Å². The van der Waals surface area contributed by atoms with Gasteiger partial charge in [0.25, 0.3) is 0 Å². The first kappa shape index (κ1) is 13.2. The third-order valence-electron chi connectivity index (χ3n) is 3.45. The van der Waals surface area contributed by atoms with Crippen molar-refractivity contribution in [2.75, 3.05) is 7.11 Å². The number of rotatable bonds is 3. The molecule has 0 amide bonds. The molecule has 0 aliphatic heterocycles. The van der Waals surface area contributed by atoms with Gasteiger partial charge in [0.05, 0.1) is 7.11 Å². The van der Waals surface area contributed by atoms with E-state index in [1.54, 1.807) is 18.4 Å². The molecule has 0 spiro atoms. The molecule has 1 unspecified atom stereocenters. The van der Waals surface area contributed by atoms with E-state index in [9.17, 15) is 5.11 Å². The van der Waals surface area contributed by atoms with Crippen LogP contribution in [0.4, 0.5) is 0 Å². The monoisotopic (exact) mass is 284 g/mol. The van der Waals surface area contributed by atoms with Crippen LogP contribution < -0.4 is 4.74 Å². The number of thiophene rings is 1. The molecule has 1 aromatic heterocycles. The normalized spacial score (nSPS) is 12.6. The summed E-state index contributed by atoms with van der Waals surface area (Å²) >= 11 is 1.66. The Bertz CT molecular complexity index is 746. The van der Waals surface area contributed by atoms with Crippen molar-refractivity contribution in [3.8, 4) is 5.75 Å². The summed E-state index contributed by atoms with van der Waals surface area (Å²) in [6.45, 7) is 2.05. The minimum atomic E-state index is -0.563. The maximum absolute atomic E-state index is 10.4. The summed E-state index contributed by atoms with van der Waals surface area (Å²) in [5, 5.41) is 14.7. The largest absolute Gasteiger partial charge is 0.497 e. The summed E-state index contributed by atoms with van der Waals surface area (Å²) in [5.74, 6) is 0.847. The number of methoxy groups -OCH3 is 1. The molecule has 1 atom stereocenters. The second kappa shape index (κ2) is 5.27. The van der Waals surface area contributed by atoms with Crippen molar-refractivity contribution in [1.29, 1.82) is 0 Å². The number of benzene rings is 2. The van der Waals surface area contributed by atoms with Gasteiger partial charge in [0, 0.05) is 4.88 Å². The van der Waals surface area contributed by atoms with Crippen LogP contribution in [-0.2, 0) is 0 Å². The number of aliphatic hydroxyl groups excluding tert-OH is 1. The quantitative estimate of drug-likeness (QED) is 0.777. The Kier molecular flexibility index (Phi) is 3.47. The second-order valence-electron chi connectivity index (χ2n) is 4.87. The van der Waals surface area contributed by atoms with Crippen molar-refractivity contribution in [3.63, 3.8) is 0 Å². The third kappa shape index (κ3) is 2.42. The molecular formula is C17H16O2S. The van der Waals surface area contributed by atoms with Gasteiger partial charge in [-0.2, -0.15) is 0 Å². The Balaban J connectivity index is 2.00. The van der Waals surface area contributed by atoms with Crippen molar-refractivity contribution in [1.82, 2.24) is 0 Å². The Morgan fingerprint density at radius 2 is 1.75 bits per heavy atom. The molecule has 3 heteroatoms. The first-order valence-electron chi connectivity index (χ1n) is 6.48. The van der Waals surface area contributed by atoms with Crippen LogP contribution in [0.25, 0.3) is 10.8 Å². The summed E-state index contributed by atoms with van der Waals surface area (Å²) in [4.78, 5) is 1.21. The number of aliphatic hydroxyl groups is 1. The third-order valence-corrected chi connectivity index (χ3v) is 4.33. The summed E-state index contributed by atoms with van der Waals surface area (Å²) in [7, 11) is 1.66. The van der Waals surface area contributed by atoms with E-state index in [-0.39, 0.29) is 0 Å². The van der Waals surface area contributed by atoms with Gasteiger partial charge in [-0.3, -0.25) is 0 Å². The molecule has 0 bridgehead atoms. The molecule has 2 aromatic carbocycles. The van der Waals surface area contributed by atoms with Crippen molar-refractivity contribution in [2.45, 2.75) is 13.0 Å². The van der Waals surface area contributed by atoms with Crippen LogP contribution in [0.5, 0.6) is 5.75 Å². The van der Waals surface area contributed by atoms with Crippen molar-refractivity contribution in [2.24, 2.45) is 0 Å². The molecule has 102 valence electrons. The molecule has 3 aromatic rings. The molecule has 2 nitrogen and oxygen atoms in total. The van der Waals surface area contributed by atoms with Gasteiger partial charge >= 0.3 is 0 Å². The predicted octanol–water partition coefficient (Wildman–Crippen LogP) is 4.30. The fourth-order valence-corrected chi connectivity index (χ4v) is 3.06. The summed E-state index contributed by atoms with van der Waals surface area (Å²) in [6.07, 6.45) is -0.563. The first-order valence-corrected chi connectivity index (χ1v) is 7.36. The molecule has 0 saturated carbocycles. The fourth-order valence-electron chi connectivity index (χ4n) is 2.34. The zero-order chi connectivity index (χ0) is 14.1. The van der Waals surface area contributed by atoms with E-state index < -0.39 is 6.10 Å². The van der Waals surface area contributed by atoms with Gasteiger partial charge in [0.2, 0.25) is 0 Å². The summed E-state index contributed by atoms with van der Waals surface area (Å²) in [6, 6.07) is 14.0. The van der Waals surface area contributed by atoms with Gasteiger partial charge in [0.15, 0.2) is 0 Å². The van der Waals surface area contributed by atoms with Crippen LogP contribution in [0.2, 0.25) is 0 Å². The van der Waals surface area contributed by atoms with Crippen LogP contribution in [0.3, 0.4) is 0 Å². The fraction of sp³-hybridized carbons (Fsp3) is 0.176. The van der Waals surface area contributed by atoms with E-state index in [1.165, 1.54) is 4.88 Å². The molecule has 1 heterocycles. The Morgan fingerprint density at radius 3 is 2.45 bits per heavy atom. The molecular weight excluding hydrogens is 268 g/mol. The highest BCUT2D eigenvalue weighted by Gasteiger charge is 2.12. The van der Waals surface area contributed by atoms with Crippen LogP contribution in [-0.4, -0.2) is 12.2 Å². The summed E-state index contributed by atoms with van der Waals surface area (Å²) < 4.78 is 5.22. The smallest absolute Gasteiger partial charge is 0.119 e. The van der Waals surface area contributed by atoms with Crippen LogP contribution in [0.15, 0.2) is 47.8 Å². The Morgan fingerprint density at radius 1 is 1.00 bits per heavy atom.